The van der Waals surface area contributed by atoms with Crippen molar-refractivity contribution in [3.05, 3.63) is 84.9 Å². The second-order valence-electron chi connectivity index (χ2n) is 5.61. The SMILES string of the molecule is S=C(S)N(c1cccc2ccccc12)c1cccc2ccccc12.[MgH2]. The summed E-state index contributed by atoms with van der Waals surface area (Å²) in [6, 6.07) is 29.2. The Morgan fingerprint density at radius 3 is 1.48 bits per heavy atom. The van der Waals surface area contributed by atoms with Gasteiger partial charge in [0.25, 0.3) is 0 Å². The van der Waals surface area contributed by atoms with Crippen LogP contribution in [0.1, 0.15) is 0 Å². The number of thiol groups is 1. The van der Waals surface area contributed by atoms with E-state index in [9.17, 15) is 0 Å². The maximum Gasteiger partial charge on any atom is 0.316 e. The lowest BCUT2D eigenvalue weighted by molar-refractivity contribution is 1.43. The molecule has 25 heavy (non-hydrogen) atoms. The molecule has 0 aliphatic carbocycles. The fraction of sp³-hybridized carbons (Fsp3) is 0. The lowest BCUT2D eigenvalue weighted by Gasteiger charge is -2.26. The van der Waals surface area contributed by atoms with Crippen LogP contribution in [0.2, 0.25) is 0 Å². The van der Waals surface area contributed by atoms with E-state index in [4.69, 9.17) is 12.2 Å². The first-order chi connectivity index (χ1) is 11.8. The molecule has 1 nitrogen and oxygen atoms in total. The van der Waals surface area contributed by atoms with E-state index in [2.05, 4.69) is 85.4 Å². The van der Waals surface area contributed by atoms with Crippen molar-refractivity contribution in [1.29, 1.82) is 0 Å². The molecule has 0 aliphatic rings. The van der Waals surface area contributed by atoms with Gasteiger partial charge in [0.1, 0.15) is 4.32 Å². The van der Waals surface area contributed by atoms with Crippen LogP contribution < -0.4 is 4.90 Å². The zero-order valence-corrected chi connectivity index (χ0v) is 14.6. The number of benzene rings is 4. The van der Waals surface area contributed by atoms with Gasteiger partial charge in [-0.05, 0) is 22.9 Å². The molecule has 4 heteroatoms. The van der Waals surface area contributed by atoms with Crippen molar-refractivity contribution in [3.8, 4) is 0 Å². The molecule has 0 saturated heterocycles. The zero-order valence-electron chi connectivity index (χ0n) is 12.9. The number of thiocarbonyl (C=S) groups is 1. The molecule has 0 bridgehead atoms. The van der Waals surface area contributed by atoms with Crippen LogP contribution in [-0.2, 0) is 0 Å². The fourth-order valence-corrected chi connectivity index (χ4v) is 3.55. The number of nitrogens with zero attached hydrogens (tertiary/aromatic N) is 1. The molecule has 0 spiro atoms. The summed E-state index contributed by atoms with van der Waals surface area (Å²) in [6.45, 7) is 0. The van der Waals surface area contributed by atoms with Crippen molar-refractivity contribution in [2.24, 2.45) is 0 Å². The van der Waals surface area contributed by atoms with Gasteiger partial charge in [0, 0.05) is 10.8 Å². The van der Waals surface area contributed by atoms with E-state index in [0.717, 1.165) is 22.1 Å². The van der Waals surface area contributed by atoms with Gasteiger partial charge < -0.3 is 0 Å². The van der Waals surface area contributed by atoms with Gasteiger partial charge in [0.15, 0.2) is 0 Å². The van der Waals surface area contributed by atoms with Crippen molar-refractivity contribution in [2.45, 2.75) is 0 Å². The van der Waals surface area contributed by atoms with Gasteiger partial charge >= 0.3 is 23.1 Å². The summed E-state index contributed by atoms with van der Waals surface area (Å²) in [5, 5.41) is 4.68. The lowest BCUT2D eigenvalue weighted by atomic mass is 10.1. The van der Waals surface area contributed by atoms with Crippen molar-refractivity contribution in [3.63, 3.8) is 0 Å². The van der Waals surface area contributed by atoms with E-state index in [1.807, 2.05) is 17.0 Å². The molecule has 4 rings (SSSR count). The molecule has 0 unspecified atom stereocenters. The summed E-state index contributed by atoms with van der Waals surface area (Å²) < 4.78 is 0.530. The van der Waals surface area contributed by atoms with E-state index in [1.54, 1.807) is 0 Å². The van der Waals surface area contributed by atoms with E-state index >= 15 is 0 Å². The highest BCUT2D eigenvalue weighted by atomic mass is 32.1. The molecule has 0 saturated carbocycles. The van der Waals surface area contributed by atoms with E-state index in [1.165, 1.54) is 10.8 Å². The number of hydrogen-bond donors (Lipinski definition) is 1. The summed E-state index contributed by atoms with van der Waals surface area (Å²) in [6.07, 6.45) is 0. The zero-order chi connectivity index (χ0) is 16.5. The fourth-order valence-electron chi connectivity index (χ4n) is 3.14. The van der Waals surface area contributed by atoms with Crippen molar-refractivity contribution in [1.82, 2.24) is 0 Å². The topological polar surface area (TPSA) is 3.24 Å². The molecule has 0 heterocycles. The Bertz CT molecular complexity index is 972. The van der Waals surface area contributed by atoms with Gasteiger partial charge in [0.2, 0.25) is 0 Å². The molecule has 120 valence electrons. The minimum atomic E-state index is 0. The third kappa shape index (κ3) is 3.40. The molecule has 0 N–H and O–H groups in total. The monoisotopic (exact) mass is 371 g/mol. The summed E-state index contributed by atoms with van der Waals surface area (Å²) in [5.41, 5.74) is 2.09. The summed E-state index contributed by atoms with van der Waals surface area (Å²) in [4.78, 5) is 2.04. The first-order valence-electron chi connectivity index (χ1n) is 7.74. The molecule has 0 radical (unpaired) electrons. The molecule has 0 aromatic heterocycles. The Kier molecular flexibility index (Phi) is 5.64. The first-order valence-corrected chi connectivity index (χ1v) is 8.60. The standard InChI is InChI=1S/C21H15NS2.Mg.2H/c23-21(24)22(19-13-5-9-15-7-1-3-11-17(15)19)20-14-6-10-16-8-2-4-12-18(16)20;;;/h1-14H,(H,23,24);;;. The van der Waals surface area contributed by atoms with Crippen LogP contribution in [0.15, 0.2) is 84.9 Å². The quantitative estimate of drug-likeness (QED) is 0.284. The van der Waals surface area contributed by atoms with E-state index in [0.29, 0.717) is 4.32 Å². The minimum Gasteiger partial charge on any atom is -0.295 e. The molecule has 0 fully saturated rings. The van der Waals surface area contributed by atoms with Gasteiger partial charge in [-0.3, -0.25) is 4.90 Å². The largest absolute Gasteiger partial charge is 0.316 e. The smallest absolute Gasteiger partial charge is 0.295 e. The normalized spacial score (nSPS) is 10.4. The molecule has 0 aliphatic heterocycles. The van der Waals surface area contributed by atoms with Crippen molar-refractivity contribution in [2.75, 3.05) is 4.90 Å². The van der Waals surface area contributed by atoms with Gasteiger partial charge in [-0.1, -0.05) is 85.0 Å². The van der Waals surface area contributed by atoms with E-state index < -0.39 is 0 Å². The summed E-state index contributed by atoms with van der Waals surface area (Å²) in [5.74, 6) is 0. The number of rotatable bonds is 2. The highest BCUT2D eigenvalue weighted by molar-refractivity contribution is 8.11. The maximum atomic E-state index is 5.50. The van der Waals surface area contributed by atoms with Crippen LogP contribution in [0.5, 0.6) is 0 Å². The lowest BCUT2D eigenvalue weighted by Crippen LogP contribution is -2.20. The Morgan fingerprint density at radius 2 is 1.04 bits per heavy atom. The second-order valence-corrected chi connectivity index (χ2v) is 6.73. The third-order valence-electron chi connectivity index (χ3n) is 4.21. The molecular formula is C21H17MgNS2. The second kappa shape index (κ2) is 7.75. The van der Waals surface area contributed by atoms with Crippen LogP contribution >= 0.6 is 24.8 Å². The number of fused-ring (bicyclic) bond motifs is 2. The van der Waals surface area contributed by atoms with Gasteiger partial charge in [-0.25, -0.2) is 0 Å². The minimum absolute atomic E-state index is 0. The van der Waals surface area contributed by atoms with E-state index in [-0.39, 0.29) is 23.1 Å². The first kappa shape index (κ1) is 18.2. The average molecular weight is 372 g/mol. The highest BCUT2D eigenvalue weighted by Gasteiger charge is 2.17. The molecular weight excluding hydrogens is 355 g/mol. The predicted octanol–water partition coefficient (Wildman–Crippen LogP) is 5.43. The molecule has 0 atom stereocenters. The number of hydrogen-bond acceptors (Lipinski definition) is 1. The van der Waals surface area contributed by atoms with Gasteiger partial charge in [0.05, 0.1) is 11.4 Å². The average Bonchev–Trinajstić information content (AvgIpc) is 2.62. The Hall–Kier alpha value is -1.59. The van der Waals surface area contributed by atoms with Crippen LogP contribution in [-0.4, -0.2) is 27.4 Å². The van der Waals surface area contributed by atoms with Gasteiger partial charge in [-0.2, -0.15) is 0 Å². The third-order valence-corrected chi connectivity index (χ3v) is 4.59. The van der Waals surface area contributed by atoms with Gasteiger partial charge in [-0.15, -0.1) is 12.6 Å². The summed E-state index contributed by atoms with van der Waals surface area (Å²) >= 11 is 10.0. The predicted molar refractivity (Wildman–Crippen MR) is 120 cm³/mol. The van der Waals surface area contributed by atoms with Crippen LogP contribution in [0.3, 0.4) is 0 Å². The molecule has 4 aromatic rings. The van der Waals surface area contributed by atoms with Crippen molar-refractivity contribution >= 4 is 85.1 Å². The molecule has 4 aromatic carbocycles. The molecule has 0 amide bonds. The summed E-state index contributed by atoms with van der Waals surface area (Å²) in [7, 11) is 0. The Morgan fingerprint density at radius 1 is 0.640 bits per heavy atom. The maximum absolute atomic E-state index is 5.50. The number of anilines is 2. The van der Waals surface area contributed by atoms with Crippen LogP contribution in [0.4, 0.5) is 11.4 Å². The van der Waals surface area contributed by atoms with Crippen LogP contribution in [0, 0.1) is 0 Å². The van der Waals surface area contributed by atoms with Crippen LogP contribution in [0.25, 0.3) is 21.5 Å². The highest BCUT2D eigenvalue weighted by Crippen LogP contribution is 2.37. The van der Waals surface area contributed by atoms with Crippen molar-refractivity contribution < 1.29 is 0 Å². The Labute approximate surface area is 174 Å². The Balaban J connectivity index is 0.00000182.